The van der Waals surface area contributed by atoms with E-state index in [0.717, 1.165) is 18.2 Å². The summed E-state index contributed by atoms with van der Waals surface area (Å²) >= 11 is 0. The Morgan fingerprint density at radius 3 is 2.42 bits per heavy atom. The number of hydrogen-bond acceptors (Lipinski definition) is 3. The molecule has 0 unspecified atom stereocenters. The van der Waals surface area contributed by atoms with Crippen LogP contribution in [0.1, 0.15) is 53.5 Å². The zero-order chi connectivity index (χ0) is 19.7. The van der Waals surface area contributed by atoms with Crippen LogP contribution >= 0.6 is 0 Å². The fourth-order valence-corrected chi connectivity index (χ4v) is 2.72. The van der Waals surface area contributed by atoms with Crippen LogP contribution in [0.5, 0.6) is 0 Å². The summed E-state index contributed by atoms with van der Waals surface area (Å²) in [4.78, 5) is 16.7. The highest BCUT2D eigenvalue weighted by Crippen LogP contribution is 2.30. The lowest BCUT2D eigenvalue weighted by atomic mass is 9.83. The van der Waals surface area contributed by atoms with Gasteiger partial charge in [-0.3, -0.25) is 4.99 Å². The van der Waals surface area contributed by atoms with E-state index in [-0.39, 0.29) is 11.0 Å². The number of allylic oxidation sites excluding steroid dienone is 1. The van der Waals surface area contributed by atoms with E-state index in [1.165, 1.54) is 0 Å². The topological polar surface area (TPSA) is 50.7 Å². The molecule has 0 aromatic heterocycles. The molecule has 1 aliphatic heterocycles. The molecule has 1 heterocycles. The Balaban J connectivity index is 2.25. The highest BCUT2D eigenvalue weighted by atomic mass is 19.1. The van der Waals surface area contributed by atoms with E-state index >= 15 is 0 Å². The normalized spacial score (nSPS) is 16.0. The van der Waals surface area contributed by atoms with E-state index < -0.39 is 29.4 Å². The maximum Gasteiger partial charge on any atom is 0.408 e. The van der Waals surface area contributed by atoms with Crippen LogP contribution < -0.4 is 5.32 Å². The Labute approximate surface area is 153 Å². The van der Waals surface area contributed by atoms with Crippen LogP contribution in [0.2, 0.25) is 0 Å². The molecule has 0 radical (unpaired) electrons. The van der Waals surface area contributed by atoms with Crippen molar-refractivity contribution in [3.63, 3.8) is 0 Å². The van der Waals surface area contributed by atoms with Gasteiger partial charge in [0.15, 0.2) is 0 Å². The molecule has 0 bridgehead atoms. The summed E-state index contributed by atoms with van der Waals surface area (Å²) in [6, 6.07) is 2.88. The first-order valence-corrected chi connectivity index (χ1v) is 8.59. The third kappa shape index (κ3) is 5.13. The summed E-state index contributed by atoms with van der Waals surface area (Å²) in [5.74, 6) is -1.06. The molecular weight excluding hydrogens is 338 g/mol. The molecule has 0 spiro atoms. The molecule has 1 atom stereocenters. The van der Waals surface area contributed by atoms with E-state index in [9.17, 15) is 13.6 Å². The Kier molecular flexibility index (Phi) is 5.54. The van der Waals surface area contributed by atoms with Crippen molar-refractivity contribution >= 4 is 17.5 Å². The number of ether oxygens (including phenoxy) is 1. The fraction of sp³-hybridized carbons (Fsp3) is 0.500. The third-order valence-corrected chi connectivity index (χ3v) is 3.83. The third-order valence-electron chi connectivity index (χ3n) is 3.83. The van der Waals surface area contributed by atoms with Gasteiger partial charge in [-0.05, 0) is 44.4 Å². The van der Waals surface area contributed by atoms with Crippen LogP contribution in [-0.4, -0.2) is 23.4 Å². The minimum Gasteiger partial charge on any atom is -0.444 e. The van der Waals surface area contributed by atoms with Crippen molar-refractivity contribution in [3.8, 4) is 0 Å². The van der Waals surface area contributed by atoms with Gasteiger partial charge in [-0.2, -0.15) is 0 Å². The molecule has 26 heavy (non-hydrogen) atoms. The van der Waals surface area contributed by atoms with Crippen molar-refractivity contribution in [1.82, 2.24) is 5.32 Å². The second-order valence-corrected chi connectivity index (χ2v) is 8.47. The lowest BCUT2D eigenvalue weighted by molar-refractivity contribution is 0.0491. The number of nitrogens with one attached hydrogen (secondary N) is 1. The first-order chi connectivity index (χ1) is 11.9. The molecule has 1 aromatic carbocycles. The molecule has 1 aromatic rings. The zero-order valence-corrected chi connectivity index (χ0v) is 16.1. The predicted molar refractivity (Wildman–Crippen MR) is 99.0 cm³/mol. The van der Waals surface area contributed by atoms with Crippen molar-refractivity contribution in [2.24, 2.45) is 10.4 Å². The first kappa shape index (κ1) is 20.1. The lowest BCUT2D eigenvalue weighted by Gasteiger charge is -2.32. The largest absolute Gasteiger partial charge is 0.444 e. The van der Waals surface area contributed by atoms with Gasteiger partial charge in [0, 0.05) is 17.7 Å². The number of aliphatic imine (C=N–C) groups is 1. The summed E-state index contributed by atoms with van der Waals surface area (Å²) in [5, 5.41) is 2.86. The number of nitrogens with zero attached hydrogens (tertiary/aromatic N) is 1. The SMILES string of the molecule is CC(C)(C)OC(=O)N[C@@H](C1=NC(c2cc(F)ccc2F)=CC1)C(C)(C)C. The summed E-state index contributed by atoms with van der Waals surface area (Å²) < 4.78 is 32.8. The first-order valence-electron chi connectivity index (χ1n) is 8.59. The smallest absolute Gasteiger partial charge is 0.408 e. The number of rotatable bonds is 3. The van der Waals surface area contributed by atoms with E-state index in [1.54, 1.807) is 26.8 Å². The summed E-state index contributed by atoms with van der Waals surface area (Å²) in [6.07, 6.45) is 1.65. The quantitative estimate of drug-likeness (QED) is 0.812. The Morgan fingerprint density at radius 2 is 1.85 bits per heavy atom. The van der Waals surface area contributed by atoms with Gasteiger partial charge in [-0.25, -0.2) is 13.6 Å². The van der Waals surface area contributed by atoms with Gasteiger partial charge in [0.05, 0.1) is 11.7 Å². The Hall–Kier alpha value is -2.24. The number of carbonyl (C=O) groups excluding carboxylic acids is 1. The summed E-state index contributed by atoms with van der Waals surface area (Å²) in [7, 11) is 0. The molecule has 0 saturated heterocycles. The monoisotopic (exact) mass is 364 g/mol. The van der Waals surface area contributed by atoms with Crippen LogP contribution in [0.3, 0.4) is 0 Å². The predicted octanol–water partition coefficient (Wildman–Crippen LogP) is 5.09. The fourth-order valence-electron chi connectivity index (χ4n) is 2.72. The van der Waals surface area contributed by atoms with Crippen molar-refractivity contribution in [2.45, 2.75) is 59.6 Å². The van der Waals surface area contributed by atoms with Gasteiger partial charge in [0.2, 0.25) is 0 Å². The average molecular weight is 364 g/mol. The van der Waals surface area contributed by atoms with Crippen LogP contribution in [0.4, 0.5) is 13.6 Å². The molecule has 1 aliphatic rings. The van der Waals surface area contributed by atoms with E-state index in [2.05, 4.69) is 10.3 Å². The van der Waals surface area contributed by atoms with Gasteiger partial charge in [0.1, 0.15) is 17.2 Å². The van der Waals surface area contributed by atoms with Gasteiger partial charge < -0.3 is 10.1 Å². The number of carbonyl (C=O) groups is 1. The van der Waals surface area contributed by atoms with Crippen molar-refractivity contribution < 1.29 is 18.3 Å². The average Bonchev–Trinajstić information content (AvgIpc) is 2.93. The molecule has 0 saturated carbocycles. The van der Waals surface area contributed by atoms with Crippen molar-refractivity contribution in [2.75, 3.05) is 0 Å². The van der Waals surface area contributed by atoms with Crippen LogP contribution in [-0.2, 0) is 4.74 Å². The van der Waals surface area contributed by atoms with E-state index in [1.807, 2.05) is 20.8 Å². The van der Waals surface area contributed by atoms with Gasteiger partial charge in [0.25, 0.3) is 0 Å². The van der Waals surface area contributed by atoms with Gasteiger partial charge >= 0.3 is 6.09 Å². The molecule has 1 amide bonds. The minimum absolute atomic E-state index is 0.116. The second kappa shape index (κ2) is 7.17. The Morgan fingerprint density at radius 1 is 1.19 bits per heavy atom. The van der Waals surface area contributed by atoms with Crippen molar-refractivity contribution in [1.29, 1.82) is 0 Å². The summed E-state index contributed by atoms with van der Waals surface area (Å²) in [5.41, 5.74) is 0.224. The van der Waals surface area contributed by atoms with E-state index in [0.29, 0.717) is 17.8 Å². The molecule has 142 valence electrons. The van der Waals surface area contributed by atoms with Crippen LogP contribution in [0, 0.1) is 17.0 Å². The molecule has 1 N–H and O–H groups in total. The minimum atomic E-state index is -0.613. The Bertz CT molecular complexity index is 756. The molecule has 2 rings (SSSR count). The zero-order valence-electron chi connectivity index (χ0n) is 16.1. The van der Waals surface area contributed by atoms with Crippen molar-refractivity contribution in [3.05, 3.63) is 41.5 Å². The number of benzene rings is 1. The number of halogens is 2. The van der Waals surface area contributed by atoms with Crippen LogP contribution in [0.25, 0.3) is 5.70 Å². The van der Waals surface area contributed by atoms with Gasteiger partial charge in [-0.15, -0.1) is 0 Å². The molecule has 0 aliphatic carbocycles. The highest BCUT2D eigenvalue weighted by Gasteiger charge is 2.33. The van der Waals surface area contributed by atoms with Gasteiger partial charge in [-0.1, -0.05) is 26.8 Å². The number of alkyl carbamates (subject to hydrolysis) is 1. The maximum absolute atomic E-state index is 14.0. The molecule has 0 fully saturated rings. The molecule has 4 nitrogen and oxygen atoms in total. The number of amides is 1. The molecular formula is C20H26F2N2O2. The lowest BCUT2D eigenvalue weighted by Crippen LogP contribution is -2.50. The second-order valence-electron chi connectivity index (χ2n) is 8.47. The molecule has 6 heteroatoms. The maximum atomic E-state index is 14.0. The van der Waals surface area contributed by atoms with Crippen LogP contribution in [0.15, 0.2) is 29.3 Å². The standard InChI is InChI=1S/C20H26F2N2O2/c1-19(2,3)17(24-18(25)26-20(4,5)6)16-10-9-15(23-16)13-11-12(21)7-8-14(13)22/h7-9,11,17H,10H2,1-6H3,(H,24,25)/t17-/m0/s1. The van der Waals surface area contributed by atoms with E-state index in [4.69, 9.17) is 4.74 Å². The number of hydrogen-bond donors (Lipinski definition) is 1. The summed E-state index contributed by atoms with van der Waals surface area (Å²) in [6.45, 7) is 11.3. The highest BCUT2D eigenvalue weighted by molar-refractivity contribution is 6.01.